The summed E-state index contributed by atoms with van der Waals surface area (Å²) in [6, 6.07) is 0. The Hall–Kier alpha value is -0.870. The Morgan fingerprint density at radius 1 is 1.45 bits per heavy atom. The summed E-state index contributed by atoms with van der Waals surface area (Å²) in [5.41, 5.74) is 1.04. The molecule has 2 bridgehead atoms. The first-order chi connectivity index (χ1) is 10.3. The monoisotopic (exact) mass is 308 g/mol. The van der Waals surface area contributed by atoms with Crippen LogP contribution < -0.4 is 0 Å². The number of cyclic esters (lactones) is 1. The maximum absolute atomic E-state index is 11.6. The van der Waals surface area contributed by atoms with Gasteiger partial charge in [0.15, 0.2) is 6.10 Å². The van der Waals surface area contributed by atoms with E-state index >= 15 is 0 Å². The number of aliphatic hydroxyl groups is 2. The molecular weight excluding hydrogens is 280 g/mol. The Balaban J connectivity index is 1.98. The van der Waals surface area contributed by atoms with E-state index in [0.29, 0.717) is 24.2 Å². The summed E-state index contributed by atoms with van der Waals surface area (Å²) < 4.78 is 5.47. The van der Waals surface area contributed by atoms with Crippen molar-refractivity contribution in [3.63, 3.8) is 0 Å². The molecule has 0 aromatic carbocycles. The van der Waals surface area contributed by atoms with E-state index in [2.05, 4.69) is 27.4 Å². The van der Waals surface area contributed by atoms with Crippen molar-refractivity contribution < 1.29 is 19.7 Å². The van der Waals surface area contributed by atoms with Crippen LogP contribution in [0.1, 0.15) is 40.0 Å². The molecule has 4 heteroatoms. The van der Waals surface area contributed by atoms with Crippen molar-refractivity contribution in [2.75, 3.05) is 6.61 Å². The van der Waals surface area contributed by atoms with Crippen molar-refractivity contribution in [1.29, 1.82) is 0 Å². The number of fused-ring (bicyclic) bond motifs is 2. The molecule has 0 unspecified atom stereocenters. The third-order valence-electron chi connectivity index (χ3n) is 6.77. The van der Waals surface area contributed by atoms with Gasteiger partial charge in [-0.3, -0.25) is 0 Å². The summed E-state index contributed by atoms with van der Waals surface area (Å²) in [5.74, 6) is 1.07. The Morgan fingerprint density at radius 2 is 2.14 bits per heavy atom. The number of hydrogen-bond donors (Lipinski definition) is 2. The second-order valence-corrected chi connectivity index (χ2v) is 8.01. The first-order valence-electron chi connectivity index (χ1n) is 8.50. The SMILES string of the molecule is C=C1[C@H]([C@@H]2C[C@H](O)C(=O)O2)[C@H]2[C@@H](C(C)C)CC[C@]1(C)[C@H]2CO. The minimum absolute atomic E-state index is 0.0677. The molecule has 0 aromatic heterocycles. The van der Waals surface area contributed by atoms with Crippen molar-refractivity contribution >= 4 is 5.97 Å². The molecule has 22 heavy (non-hydrogen) atoms. The van der Waals surface area contributed by atoms with Gasteiger partial charge in [-0.2, -0.15) is 0 Å². The van der Waals surface area contributed by atoms with E-state index < -0.39 is 12.1 Å². The van der Waals surface area contributed by atoms with Crippen LogP contribution in [-0.2, 0) is 9.53 Å². The van der Waals surface area contributed by atoms with Crippen LogP contribution >= 0.6 is 0 Å². The summed E-state index contributed by atoms with van der Waals surface area (Å²) in [7, 11) is 0. The van der Waals surface area contributed by atoms with Gasteiger partial charge in [0, 0.05) is 18.9 Å². The molecule has 2 saturated carbocycles. The highest BCUT2D eigenvalue weighted by molar-refractivity contribution is 5.76. The summed E-state index contributed by atoms with van der Waals surface area (Å²) in [6.07, 6.45) is 1.24. The van der Waals surface area contributed by atoms with Crippen LogP contribution in [0.2, 0.25) is 0 Å². The minimum atomic E-state index is -1.00. The Bertz CT molecular complexity index is 485. The van der Waals surface area contributed by atoms with E-state index in [4.69, 9.17) is 4.74 Å². The third kappa shape index (κ3) is 2.07. The first kappa shape index (κ1) is 16.0. The molecular formula is C18H28O4. The number of hydrogen-bond acceptors (Lipinski definition) is 4. The van der Waals surface area contributed by atoms with Gasteiger partial charge in [0.2, 0.25) is 0 Å². The van der Waals surface area contributed by atoms with E-state index in [-0.39, 0.29) is 30.0 Å². The molecule has 4 nitrogen and oxygen atoms in total. The Labute approximate surface area is 132 Å². The Kier molecular flexibility index (Phi) is 3.89. The molecule has 3 rings (SSSR count). The summed E-state index contributed by atoms with van der Waals surface area (Å²) in [4.78, 5) is 11.6. The number of aliphatic hydroxyl groups excluding tert-OH is 2. The van der Waals surface area contributed by atoms with Gasteiger partial charge in [-0.25, -0.2) is 4.79 Å². The van der Waals surface area contributed by atoms with Crippen molar-refractivity contribution in [2.45, 2.75) is 52.2 Å². The standard InChI is InChI=1S/C18H28O4/c1-9(2)11-5-6-18(4)10(3)15(16(11)12(18)8-19)14-7-13(20)17(21)22-14/h9,11-16,19-20H,3,5-8H2,1-2,4H3/t11-,12+,13+,14+,15-,16+,18+/m1/s1. The van der Waals surface area contributed by atoms with Crippen LogP contribution in [0.3, 0.4) is 0 Å². The van der Waals surface area contributed by atoms with Crippen LogP contribution in [0.25, 0.3) is 0 Å². The molecule has 3 aliphatic rings. The van der Waals surface area contributed by atoms with E-state index in [9.17, 15) is 15.0 Å². The lowest BCUT2D eigenvalue weighted by Gasteiger charge is -2.44. The van der Waals surface area contributed by atoms with Gasteiger partial charge < -0.3 is 14.9 Å². The molecule has 0 aromatic rings. The van der Waals surface area contributed by atoms with Crippen LogP contribution in [0, 0.1) is 35.0 Å². The van der Waals surface area contributed by atoms with Gasteiger partial charge in [0.05, 0.1) is 0 Å². The molecule has 0 radical (unpaired) electrons. The fourth-order valence-corrected chi connectivity index (χ4v) is 5.48. The molecule has 1 aliphatic heterocycles. The predicted octanol–water partition coefficient (Wildman–Crippen LogP) is 2.15. The fraction of sp³-hybridized carbons (Fsp3) is 0.833. The van der Waals surface area contributed by atoms with Gasteiger partial charge in [-0.05, 0) is 41.9 Å². The largest absolute Gasteiger partial charge is 0.460 e. The average molecular weight is 308 g/mol. The van der Waals surface area contributed by atoms with Gasteiger partial charge in [0.25, 0.3) is 0 Å². The van der Waals surface area contributed by atoms with E-state index in [1.807, 2.05) is 0 Å². The maximum Gasteiger partial charge on any atom is 0.335 e. The maximum atomic E-state index is 11.6. The van der Waals surface area contributed by atoms with E-state index in [1.165, 1.54) is 0 Å². The lowest BCUT2D eigenvalue weighted by molar-refractivity contribution is -0.149. The van der Waals surface area contributed by atoms with Gasteiger partial charge in [-0.1, -0.05) is 32.9 Å². The summed E-state index contributed by atoms with van der Waals surface area (Å²) in [6.45, 7) is 11.2. The highest BCUT2D eigenvalue weighted by Crippen LogP contribution is 2.65. The molecule has 1 saturated heterocycles. The quantitative estimate of drug-likeness (QED) is 0.619. The van der Waals surface area contributed by atoms with Crippen LogP contribution in [0.4, 0.5) is 0 Å². The fourth-order valence-electron chi connectivity index (χ4n) is 5.48. The van der Waals surface area contributed by atoms with Gasteiger partial charge >= 0.3 is 5.97 Å². The van der Waals surface area contributed by atoms with Crippen molar-refractivity contribution in [3.8, 4) is 0 Å². The topological polar surface area (TPSA) is 66.8 Å². The second kappa shape index (κ2) is 5.34. The number of esters is 1. The molecule has 124 valence electrons. The second-order valence-electron chi connectivity index (χ2n) is 8.01. The lowest BCUT2D eigenvalue weighted by atomic mass is 9.61. The summed E-state index contributed by atoms with van der Waals surface area (Å²) in [5, 5.41) is 19.8. The zero-order valence-corrected chi connectivity index (χ0v) is 13.8. The zero-order valence-electron chi connectivity index (χ0n) is 13.8. The van der Waals surface area contributed by atoms with Gasteiger partial charge in [-0.15, -0.1) is 0 Å². The highest BCUT2D eigenvalue weighted by atomic mass is 16.6. The molecule has 0 amide bonds. The minimum Gasteiger partial charge on any atom is -0.460 e. The number of ether oxygens (including phenoxy) is 1. The van der Waals surface area contributed by atoms with E-state index in [0.717, 1.165) is 18.4 Å². The van der Waals surface area contributed by atoms with Gasteiger partial charge in [0.1, 0.15) is 6.10 Å². The zero-order chi connectivity index (χ0) is 16.2. The van der Waals surface area contributed by atoms with Crippen LogP contribution in [0.5, 0.6) is 0 Å². The number of carbonyl (C=O) groups excluding carboxylic acids is 1. The molecule has 2 N–H and O–H groups in total. The number of carbonyl (C=O) groups is 1. The molecule has 1 heterocycles. The van der Waals surface area contributed by atoms with E-state index in [1.54, 1.807) is 0 Å². The molecule has 0 spiro atoms. The van der Waals surface area contributed by atoms with Crippen molar-refractivity contribution in [3.05, 3.63) is 12.2 Å². The highest BCUT2D eigenvalue weighted by Gasteiger charge is 2.61. The third-order valence-corrected chi connectivity index (χ3v) is 6.77. The molecule has 7 atom stereocenters. The van der Waals surface area contributed by atoms with Crippen LogP contribution in [0.15, 0.2) is 12.2 Å². The van der Waals surface area contributed by atoms with Crippen molar-refractivity contribution in [1.82, 2.24) is 0 Å². The predicted molar refractivity (Wildman–Crippen MR) is 82.9 cm³/mol. The smallest absolute Gasteiger partial charge is 0.335 e. The van der Waals surface area contributed by atoms with Crippen LogP contribution in [-0.4, -0.2) is 35.0 Å². The lowest BCUT2D eigenvalue weighted by Crippen LogP contribution is -2.41. The number of rotatable bonds is 3. The molecule has 3 fully saturated rings. The molecule has 2 aliphatic carbocycles. The first-order valence-corrected chi connectivity index (χ1v) is 8.50. The summed E-state index contributed by atoms with van der Waals surface area (Å²) >= 11 is 0. The average Bonchev–Trinajstić information content (AvgIpc) is 2.83. The normalized spacial score (nSPS) is 48.1. The van der Waals surface area contributed by atoms with Crippen molar-refractivity contribution in [2.24, 2.45) is 35.0 Å². The Morgan fingerprint density at radius 3 is 2.64 bits per heavy atom.